The van der Waals surface area contributed by atoms with E-state index in [1.54, 1.807) is 0 Å². The zero-order valence-corrected chi connectivity index (χ0v) is 47.2. The minimum absolute atomic E-state index is 0.0803. The summed E-state index contributed by atoms with van der Waals surface area (Å²) in [6.07, 6.45) is 75.0. The van der Waals surface area contributed by atoms with Gasteiger partial charge in [-0.1, -0.05) is 293 Å². The van der Waals surface area contributed by atoms with Crippen LogP contribution in [0.3, 0.4) is 0 Å². The predicted molar refractivity (Wildman–Crippen MR) is 307 cm³/mol. The number of unbranched alkanes of at least 4 members (excludes halogenated alkanes) is 35. The van der Waals surface area contributed by atoms with Crippen LogP contribution in [0.15, 0.2) is 60.8 Å². The van der Waals surface area contributed by atoms with Gasteiger partial charge in [-0.05, 0) is 64.2 Å². The third kappa shape index (κ3) is 57.9. The Morgan fingerprint density at radius 1 is 0.296 bits per heavy atom. The molecule has 6 heteroatoms. The van der Waals surface area contributed by atoms with E-state index < -0.39 is 6.10 Å². The van der Waals surface area contributed by atoms with Crippen LogP contribution in [-0.4, -0.2) is 37.2 Å². The van der Waals surface area contributed by atoms with Gasteiger partial charge >= 0.3 is 17.9 Å². The van der Waals surface area contributed by atoms with Gasteiger partial charge in [0, 0.05) is 19.3 Å². The number of carbonyl (C=O) groups is 3. The summed E-state index contributed by atoms with van der Waals surface area (Å²) in [5.74, 6) is -0.894. The molecule has 0 fully saturated rings. The summed E-state index contributed by atoms with van der Waals surface area (Å²) in [5.41, 5.74) is 0. The first-order valence-corrected chi connectivity index (χ1v) is 30.8. The highest BCUT2D eigenvalue weighted by atomic mass is 16.6. The molecule has 0 saturated carbocycles. The second-order valence-electron chi connectivity index (χ2n) is 20.6. The van der Waals surface area contributed by atoms with Crippen molar-refractivity contribution in [3.8, 4) is 0 Å². The molecule has 0 aromatic carbocycles. The van der Waals surface area contributed by atoms with E-state index in [1.807, 2.05) is 0 Å². The summed E-state index contributed by atoms with van der Waals surface area (Å²) in [6.45, 7) is 6.55. The molecule has 0 rings (SSSR count). The molecule has 0 N–H and O–H groups in total. The third-order valence-corrected chi connectivity index (χ3v) is 13.5. The molecule has 0 aromatic rings. The molecule has 0 radical (unpaired) electrons. The van der Waals surface area contributed by atoms with Gasteiger partial charge in [0.1, 0.15) is 13.2 Å². The number of carbonyl (C=O) groups excluding carboxylic acids is 3. The summed E-state index contributed by atoms with van der Waals surface area (Å²) < 4.78 is 16.9. The van der Waals surface area contributed by atoms with E-state index in [2.05, 4.69) is 81.5 Å². The fourth-order valence-electron chi connectivity index (χ4n) is 8.94. The molecule has 0 saturated heterocycles. The summed E-state index contributed by atoms with van der Waals surface area (Å²) in [4.78, 5) is 38.3. The normalized spacial score (nSPS) is 12.4. The maximum atomic E-state index is 12.9. The largest absolute Gasteiger partial charge is 0.462 e. The second-order valence-corrected chi connectivity index (χ2v) is 20.6. The van der Waals surface area contributed by atoms with E-state index in [4.69, 9.17) is 14.2 Å². The third-order valence-electron chi connectivity index (χ3n) is 13.5. The van der Waals surface area contributed by atoms with Crippen LogP contribution in [0.5, 0.6) is 0 Å². The van der Waals surface area contributed by atoms with Gasteiger partial charge in [0.2, 0.25) is 0 Å². The highest BCUT2D eigenvalue weighted by Gasteiger charge is 2.19. The van der Waals surface area contributed by atoms with Crippen LogP contribution in [0.4, 0.5) is 0 Å². The Morgan fingerprint density at radius 2 is 0.549 bits per heavy atom. The first-order valence-electron chi connectivity index (χ1n) is 30.8. The second kappa shape index (κ2) is 59.7. The van der Waals surface area contributed by atoms with Crippen molar-refractivity contribution >= 4 is 17.9 Å². The minimum Gasteiger partial charge on any atom is -0.462 e. The van der Waals surface area contributed by atoms with E-state index in [0.29, 0.717) is 19.3 Å². The molecule has 6 nitrogen and oxygen atoms in total. The molecular weight excluding hydrogens is 877 g/mol. The number of ether oxygens (including phenoxy) is 3. The van der Waals surface area contributed by atoms with Gasteiger partial charge in [0.15, 0.2) is 6.10 Å². The van der Waals surface area contributed by atoms with Crippen molar-refractivity contribution in [2.45, 2.75) is 322 Å². The Hall–Kier alpha value is -2.89. The maximum absolute atomic E-state index is 12.9. The fourth-order valence-corrected chi connectivity index (χ4v) is 8.94. The number of allylic oxidation sites excluding steroid dienone is 10. The summed E-state index contributed by atoms with van der Waals surface area (Å²) in [5, 5.41) is 0. The van der Waals surface area contributed by atoms with Crippen LogP contribution in [0.2, 0.25) is 0 Å². The van der Waals surface area contributed by atoms with Crippen LogP contribution in [0.1, 0.15) is 316 Å². The standard InChI is InChI=1S/C65H116O6/c1-4-7-10-13-16-19-22-25-28-31-32-35-37-40-43-46-49-52-55-58-64(67)70-61-62(71-65(68)59-56-53-50-47-44-41-38-34-30-27-24-21-18-15-12-9-6-3)60-69-63(66)57-54-51-48-45-42-39-36-33-29-26-23-20-17-14-11-8-5-2/h7,10,16,19,25,28,32,35,40,43,62H,4-6,8-9,11-15,17-18,20-24,26-27,29-31,33-34,36-39,41-42,44-61H2,1-3H3/b10-7-,19-16-,28-25-,35-32-,43-40-/t62-/m0/s1. The topological polar surface area (TPSA) is 78.9 Å². The fraction of sp³-hybridized carbons (Fsp3) is 0.800. The van der Waals surface area contributed by atoms with Gasteiger partial charge in [-0.25, -0.2) is 0 Å². The van der Waals surface area contributed by atoms with Crippen LogP contribution >= 0.6 is 0 Å². The Kier molecular flexibility index (Phi) is 57.2. The van der Waals surface area contributed by atoms with Gasteiger partial charge in [-0.3, -0.25) is 14.4 Å². The lowest BCUT2D eigenvalue weighted by Gasteiger charge is -2.18. The SMILES string of the molecule is CC/C=C\C/C=C\C/C=C\C/C=C\C/C=C\CCCCCC(=O)OC[C@H](COC(=O)CCCCCCCCCCCCCCCCCCC)OC(=O)CCCCCCCCCCCCCCCCCCC. The molecule has 0 bridgehead atoms. The first-order chi connectivity index (χ1) is 35.0. The van der Waals surface area contributed by atoms with Crippen LogP contribution in [0, 0.1) is 0 Å². The molecule has 0 aliphatic rings. The van der Waals surface area contributed by atoms with Crippen molar-refractivity contribution in [2.75, 3.05) is 13.2 Å². The zero-order valence-electron chi connectivity index (χ0n) is 47.2. The van der Waals surface area contributed by atoms with E-state index in [9.17, 15) is 14.4 Å². The van der Waals surface area contributed by atoms with Crippen LogP contribution < -0.4 is 0 Å². The van der Waals surface area contributed by atoms with E-state index in [-0.39, 0.29) is 31.1 Å². The Bertz CT molecular complexity index is 1280. The first kappa shape index (κ1) is 68.1. The average Bonchev–Trinajstić information content (AvgIpc) is 3.37. The van der Waals surface area contributed by atoms with Gasteiger partial charge in [-0.15, -0.1) is 0 Å². The van der Waals surface area contributed by atoms with Gasteiger partial charge in [0.05, 0.1) is 0 Å². The molecule has 412 valence electrons. The van der Waals surface area contributed by atoms with Gasteiger partial charge in [-0.2, -0.15) is 0 Å². The Balaban J connectivity index is 4.40. The maximum Gasteiger partial charge on any atom is 0.306 e. The zero-order chi connectivity index (χ0) is 51.4. The molecule has 1 atom stereocenters. The number of hydrogen-bond acceptors (Lipinski definition) is 6. The lowest BCUT2D eigenvalue weighted by molar-refractivity contribution is -0.167. The molecular formula is C65H116O6. The summed E-state index contributed by atoms with van der Waals surface area (Å²) in [7, 11) is 0. The Morgan fingerprint density at radius 3 is 0.859 bits per heavy atom. The minimum atomic E-state index is -0.785. The molecule has 0 unspecified atom stereocenters. The summed E-state index contributed by atoms with van der Waals surface area (Å²) in [6, 6.07) is 0. The van der Waals surface area contributed by atoms with Crippen molar-refractivity contribution < 1.29 is 28.6 Å². The predicted octanol–water partition coefficient (Wildman–Crippen LogP) is 20.8. The van der Waals surface area contributed by atoms with Crippen LogP contribution in [-0.2, 0) is 28.6 Å². The van der Waals surface area contributed by atoms with Gasteiger partial charge in [0.25, 0.3) is 0 Å². The summed E-state index contributed by atoms with van der Waals surface area (Å²) >= 11 is 0. The molecule has 71 heavy (non-hydrogen) atoms. The van der Waals surface area contributed by atoms with E-state index in [0.717, 1.165) is 96.3 Å². The van der Waals surface area contributed by atoms with Crippen molar-refractivity contribution in [1.29, 1.82) is 0 Å². The Labute approximate surface area is 440 Å². The quantitative estimate of drug-likeness (QED) is 0.0261. The lowest BCUT2D eigenvalue weighted by atomic mass is 10.0. The number of hydrogen-bond donors (Lipinski definition) is 0. The van der Waals surface area contributed by atoms with Crippen molar-refractivity contribution in [2.24, 2.45) is 0 Å². The smallest absolute Gasteiger partial charge is 0.306 e. The lowest BCUT2D eigenvalue weighted by Crippen LogP contribution is -2.30. The molecule has 0 spiro atoms. The molecule has 0 aliphatic heterocycles. The van der Waals surface area contributed by atoms with Gasteiger partial charge < -0.3 is 14.2 Å². The molecule has 0 aromatic heterocycles. The molecule has 0 heterocycles. The van der Waals surface area contributed by atoms with Crippen molar-refractivity contribution in [3.63, 3.8) is 0 Å². The van der Waals surface area contributed by atoms with E-state index >= 15 is 0 Å². The highest BCUT2D eigenvalue weighted by molar-refractivity contribution is 5.71. The molecule has 0 aliphatic carbocycles. The molecule has 0 amide bonds. The van der Waals surface area contributed by atoms with Crippen molar-refractivity contribution in [1.82, 2.24) is 0 Å². The average molecular weight is 994 g/mol. The number of rotatable bonds is 56. The highest BCUT2D eigenvalue weighted by Crippen LogP contribution is 2.17. The van der Waals surface area contributed by atoms with Crippen LogP contribution in [0.25, 0.3) is 0 Å². The van der Waals surface area contributed by atoms with Crippen molar-refractivity contribution in [3.05, 3.63) is 60.8 Å². The number of esters is 3. The monoisotopic (exact) mass is 993 g/mol. The van der Waals surface area contributed by atoms with E-state index in [1.165, 1.54) is 180 Å².